The van der Waals surface area contributed by atoms with Crippen LogP contribution in [0.3, 0.4) is 0 Å². The van der Waals surface area contributed by atoms with Crippen LogP contribution >= 0.6 is 11.3 Å². The second kappa shape index (κ2) is 11.4. The van der Waals surface area contributed by atoms with E-state index in [1.54, 1.807) is 17.5 Å². The molecule has 0 aliphatic rings. The lowest BCUT2D eigenvalue weighted by Crippen LogP contribution is -2.41. The van der Waals surface area contributed by atoms with Gasteiger partial charge in [0, 0.05) is 26.2 Å². The van der Waals surface area contributed by atoms with Gasteiger partial charge in [0.05, 0.1) is 0 Å². The fourth-order valence-corrected chi connectivity index (χ4v) is 3.99. The average Bonchev–Trinajstić information content (AvgIpc) is 3.06. The molecule has 0 saturated carbocycles. The summed E-state index contributed by atoms with van der Waals surface area (Å²) >= 11 is 1.21. The highest BCUT2D eigenvalue weighted by atomic mass is 32.2. The van der Waals surface area contributed by atoms with E-state index in [0.717, 1.165) is 25.5 Å². The van der Waals surface area contributed by atoms with Crippen LogP contribution in [0.15, 0.2) is 26.7 Å². The van der Waals surface area contributed by atoms with Crippen LogP contribution in [-0.2, 0) is 10.0 Å². The number of nitrogens with one attached hydrogen (secondary N) is 3. The van der Waals surface area contributed by atoms with Gasteiger partial charge >= 0.3 is 0 Å². The van der Waals surface area contributed by atoms with Crippen molar-refractivity contribution in [2.75, 3.05) is 26.2 Å². The number of rotatable bonds is 11. The molecule has 0 aliphatic heterocycles. The molecule has 0 spiro atoms. The van der Waals surface area contributed by atoms with Gasteiger partial charge in [-0.05, 0) is 24.8 Å². The van der Waals surface area contributed by atoms with Crippen LogP contribution in [0.2, 0.25) is 0 Å². The molecule has 6 nitrogen and oxygen atoms in total. The summed E-state index contributed by atoms with van der Waals surface area (Å²) in [6.07, 6.45) is 4.73. The van der Waals surface area contributed by atoms with Crippen LogP contribution in [0.25, 0.3) is 0 Å². The molecule has 132 valence electrons. The highest BCUT2D eigenvalue weighted by Gasteiger charge is 2.13. The minimum absolute atomic E-state index is 0.320. The van der Waals surface area contributed by atoms with Gasteiger partial charge in [0.2, 0.25) is 10.0 Å². The van der Waals surface area contributed by atoms with Crippen LogP contribution in [0.4, 0.5) is 0 Å². The summed E-state index contributed by atoms with van der Waals surface area (Å²) in [5.41, 5.74) is 0. The number of unbranched alkanes of at least 4 members (excludes halogenated alkanes) is 3. The SMILES string of the molecule is CCCCCCN=C(NCC)NCCNS(=O)(=O)c1cccs1. The standard InChI is InChI=1S/C15H28N4O2S2/c1-3-5-6-7-10-17-15(16-4-2)18-11-12-19-23(20,21)14-9-8-13-22-14/h8-9,13,19H,3-7,10-12H2,1-2H3,(H2,16,17,18). The minimum atomic E-state index is -3.39. The quantitative estimate of drug-likeness (QED) is 0.321. The second-order valence-corrected chi connectivity index (χ2v) is 8.02. The normalized spacial score (nSPS) is 12.3. The largest absolute Gasteiger partial charge is 0.357 e. The molecule has 8 heteroatoms. The molecule has 1 rings (SSSR count). The first-order valence-corrected chi connectivity index (χ1v) is 10.5. The molecule has 1 heterocycles. The van der Waals surface area contributed by atoms with Crippen molar-refractivity contribution in [3.63, 3.8) is 0 Å². The van der Waals surface area contributed by atoms with Gasteiger partial charge in [0.25, 0.3) is 0 Å². The summed E-state index contributed by atoms with van der Waals surface area (Å²) in [4.78, 5) is 4.49. The zero-order valence-electron chi connectivity index (χ0n) is 14.0. The van der Waals surface area contributed by atoms with Gasteiger partial charge in [-0.15, -0.1) is 11.3 Å². The smallest absolute Gasteiger partial charge is 0.250 e. The highest BCUT2D eigenvalue weighted by Crippen LogP contribution is 2.14. The summed E-state index contributed by atoms with van der Waals surface area (Å²) in [6, 6.07) is 3.33. The van der Waals surface area contributed by atoms with Crippen molar-refractivity contribution >= 4 is 27.3 Å². The van der Waals surface area contributed by atoms with E-state index >= 15 is 0 Å². The van der Waals surface area contributed by atoms with Crippen LogP contribution in [-0.4, -0.2) is 40.6 Å². The van der Waals surface area contributed by atoms with Crippen molar-refractivity contribution < 1.29 is 8.42 Å². The van der Waals surface area contributed by atoms with Crippen molar-refractivity contribution in [1.82, 2.24) is 15.4 Å². The Bertz CT molecular complexity index is 542. The Morgan fingerprint density at radius 1 is 1.17 bits per heavy atom. The number of aliphatic imine (C=N–C) groups is 1. The Balaban J connectivity index is 2.31. The third-order valence-electron chi connectivity index (χ3n) is 3.10. The third kappa shape index (κ3) is 8.34. The minimum Gasteiger partial charge on any atom is -0.357 e. The Kier molecular flexibility index (Phi) is 9.89. The molecule has 0 saturated heterocycles. The van der Waals surface area contributed by atoms with Gasteiger partial charge in [0.15, 0.2) is 5.96 Å². The molecule has 0 aliphatic carbocycles. The zero-order valence-corrected chi connectivity index (χ0v) is 15.6. The first-order valence-electron chi connectivity index (χ1n) is 8.15. The number of hydrogen-bond acceptors (Lipinski definition) is 4. The number of sulfonamides is 1. The second-order valence-electron chi connectivity index (χ2n) is 5.08. The molecule has 0 radical (unpaired) electrons. The van der Waals surface area contributed by atoms with E-state index in [2.05, 4.69) is 27.3 Å². The molecular formula is C15H28N4O2S2. The van der Waals surface area contributed by atoms with E-state index in [4.69, 9.17) is 0 Å². The van der Waals surface area contributed by atoms with Gasteiger partial charge in [0.1, 0.15) is 4.21 Å². The summed E-state index contributed by atoms with van der Waals surface area (Å²) < 4.78 is 26.8. The predicted octanol–water partition coefficient (Wildman–Crippen LogP) is 2.16. The van der Waals surface area contributed by atoms with E-state index in [1.807, 2.05) is 6.92 Å². The van der Waals surface area contributed by atoms with Gasteiger partial charge in [-0.2, -0.15) is 0 Å². The molecule has 1 aromatic heterocycles. The van der Waals surface area contributed by atoms with E-state index in [1.165, 1.54) is 30.6 Å². The Labute approximate surface area is 143 Å². The number of hydrogen-bond donors (Lipinski definition) is 3. The maximum absolute atomic E-state index is 12.0. The van der Waals surface area contributed by atoms with E-state index < -0.39 is 10.0 Å². The molecule has 0 bridgehead atoms. The van der Waals surface area contributed by atoms with Crippen LogP contribution in [0.1, 0.15) is 39.5 Å². The lowest BCUT2D eigenvalue weighted by atomic mass is 10.2. The molecule has 0 aromatic carbocycles. The molecule has 0 unspecified atom stereocenters. The van der Waals surface area contributed by atoms with Crippen LogP contribution < -0.4 is 15.4 Å². The van der Waals surface area contributed by atoms with Crippen LogP contribution in [0, 0.1) is 0 Å². The summed E-state index contributed by atoms with van der Waals surface area (Å²) in [5, 5.41) is 8.06. The number of thiophene rings is 1. The first-order chi connectivity index (χ1) is 11.1. The topological polar surface area (TPSA) is 82.6 Å². The lowest BCUT2D eigenvalue weighted by molar-refractivity contribution is 0.582. The van der Waals surface area contributed by atoms with Crippen LogP contribution in [0.5, 0.6) is 0 Å². The summed E-state index contributed by atoms with van der Waals surface area (Å²) in [6.45, 7) is 6.57. The Hall–Kier alpha value is -1.12. The van der Waals surface area contributed by atoms with Crippen molar-refractivity contribution in [3.8, 4) is 0 Å². The first kappa shape index (κ1) is 19.9. The molecule has 1 aromatic rings. The molecule has 3 N–H and O–H groups in total. The summed E-state index contributed by atoms with van der Waals surface area (Å²) in [5.74, 6) is 0.735. The van der Waals surface area contributed by atoms with E-state index in [-0.39, 0.29) is 0 Å². The van der Waals surface area contributed by atoms with E-state index in [9.17, 15) is 8.42 Å². The van der Waals surface area contributed by atoms with E-state index in [0.29, 0.717) is 17.3 Å². The number of nitrogens with zero attached hydrogens (tertiary/aromatic N) is 1. The maximum atomic E-state index is 12.0. The fourth-order valence-electron chi connectivity index (χ4n) is 1.93. The molecule has 0 atom stereocenters. The maximum Gasteiger partial charge on any atom is 0.250 e. The molecule has 0 amide bonds. The Morgan fingerprint density at radius 3 is 2.65 bits per heavy atom. The average molecular weight is 361 g/mol. The van der Waals surface area contributed by atoms with Crippen molar-refractivity contribution in [2.45, 2.75) is 43.7 Å². The Morgan fingerprint density at radius 2 is 2.00 bits per heavy atom. The highest BCUT2D eigenvalue weighted by molar-refractivity contribution is 7.91. The molecular weight excluding hydrogens is 332 g/mol. The number of guanidine groups is 1. The van der Waals surface area contributed by atoms with Gasteiger partial charge in [-0.25, -0.2) is 13.1 Å². The van der Waals surface area contributed by atoms with Gasteiger partial charge in [-0.1, -0.05) is 32.3 Å². The third-order valence-corrected chi connectivity index (χ3v) is 5.95. The molecule has 0 fully saturated rings. The zero-order chi connectivity index (χ0) is 17.0. The van der Waals surface area contributed by atoms with Gasteiger partial charge in [-0.3, -0.25) is 4.99 Å². The predicted molar refractivity (Wildman–Crippen MR) is 97.6 cm³/mol. The molecule has 23 heavy (non-hydrogen) atoms. The van der Waals surface area contributed by atoms with Crippen molar-refractivity contribution in [2.24, 2.45) is 4.99 Å². The fraction of sp³-hybridized carbons (Fsp3) is 0.667. The van der Waals surface area contributed by atoms with Crippen molar-refractivity contribution in [3.05, 3.63) is 17.5 Å². The van der Waals surface area contributed by atoms with Gasteiger partial charge < -0.3 is 10.6 Å². The summed E-state index contributed by atoms with van der Waals surface area (Å²) in [7, 11) is -3.39. The lowest BCUT2D eigenvalue weighted by Gasteiger charge is -2.11. The monoisotopic (exact) mass is 360 g/mol. The van der Waals surface area contributed by atoms with Crippen molar-refractivity contribution in [1.29, 1.82) is 0 Å².